The van der Waals surface area contributed by atoms with Crippen molar-refractivity contribution in [2.75, 3.05) is 11.9 Å². The highest BCUT2D eigenvalue weighted by Crippen LogP contribution is 2.25. The molecule has 0 saturated heterocycles. The number of unbranched alkanes of at least 4 members (excludes halogenated alkanes) is 3. The van der Waals surface area contributed by atoms with E-state index < -0.39 is 0 Å². The zero-order valence-corrected chi connectivity index (χ0v) is 14.1. The summed E-state index contributed by atoms with van der Waals surface area (Å²) in [7, 11) is 0. The Labute approximate surface area is 137 Å². The minimum absolute atomic E-state index is 0.0715. The number of aromatic nitrogens is 2. The molecule has 23 heavy (non-hydrogen) atoms. The van der Waals surface area contributed by atoms with E-state index in [4.69, 9.17) is 4.74 Å². The highest BCUT2D eigenvalue weighted by molar-refractivity contribution is 5.99. The van der Waals surface area contributed by atoms with E-state index in [0.29, 0.717) is 12.4 Å². The number of ether oxygens (including phenoxy) is 1. The molecule has 0 aliphatic heterocycles. The molecule has 0 unspecified atom stereocenters. The van der Waals surface area contributed by atoms with Crippen LogP contribution in [0.5, 0.6) is 5.75 Å². The summed E-state index contributed by atoms with van der Waals surface area (Å²) in [6.07, 6.45) is 4.70. The van der Waals surface area contributed by atoms with E-state index in [2.05, 4.69) is 27.8 Å². The third-order valence-corrected chi connectivity index (χ3v) is 3.45. The summed E-state index contributed by atoms with van der Waals surface area (Å²) in [4.78, 5) is 11.8. The van der Waals surface area contributed by atoms with Crippen molar-refractivity contribution in [3.05, 3.63) is 18.2 Å². The normalized spacial score (nSPS) is 11.0. The summed E-state index contributed by atoms with van der Waals surface area (Å²) in [5.41, 5.74) is 0.864. The van der Waals surface area contributed by atoms with Crippen molar-refractivity contribution in [1.82, 2.24) is 15.5 Å². The van der Waals surface area contributed by atoms with Crippen LogP contribution in [0, 0.1) is 0 Å². The van der Waals surface area contributed by atoms with Crippen LogP contribution in [0.3, 0.4) is 0 Å². The molecule has 6 nitrogen and oxygen atoms in total. The Hall–Kier alpha value is -2.24. The smallest absolute Gasteiger partial charge is 0.320 e. The van der Waals surface area contributed by atoms with Crippen LogP contribution in [-0.4, -0.2) is 28.9 Å². The number of amides is 2. The van der Waals surface area contributed by atoms with Crippen molar-refractivity contribution in [1.29, 1.82) is 0 Å². The van der Waals surface area contributed by atoms with Crippen molar-refractivity contribution in [2.24, 2.45) is 0 Å². The zero-order chi connectivity index (χ0) is 16.7. The second kappa shape index (κ2) is 8.41. The highest BCUT2D eigenvalue weighted by Gasteiger charge is 2.11. The third-order valence-electron chi connectivity index (χ3n) is 3.45. The number of benzene rings is 1. The average Bonchev–Trinajstić information content (AvgIpc) is 2.89. The van der Waals surface area contributed by atoms with Gasteiger partial charge in [0.05, 0.1) is 12.1 Å². The van der Waals surface area contributed by atoms with Crippen LogP contribution in [0.4, 0.5) is 10.6 Å². The lowest BCUT2D eigenvalue weighted by Crippen LogP contribution is -2.34. The van der Waals surface area contributed by atoms with Crippen LogP contribution in [0.15, 0.2) is 18.2 Å². The predicted molar refractivity (Wildman–Crippen MR) is 93.0 cm³/mol. The maximum atomic E-state index is 11.8. The van der Waals surface area contributed by atoms with E-state index in [9.17, 15) is 4.79 Å². The second-order valence-electron chi connectivity index (χ2n) is 5.94. The van der Waals surface area contributed by atoms with Gasteiger partial charge < -0.3 is 10.1 Å². The summed E-state index contributed by atoms with van der Waals surface area (Å²) < 4.78 is 5.78. The van der Waals surface area contributed by atoms with Gasteiger partial charge >= 0.3 is 6.03 Å². The summed E-state index contributed by atoms with van der Waals surface area (Å²) in [6, 6.07) is 5.54. The lowest BCUT2D eigenvalue weighted by atomic mass is 10.2. The molecule has 0 atom stereocenters. The zero-order valence-electron chi connectivity index (χ0n) is 14.1. The van der Waals surface area contributed by atoms with Gasteiger partial charge in [-0.05, 0) is 38.5 Å². The SMILES string of the molecule is CCCCCCOc1ccc2[nH]nc(NC(=O)NC(C)C)c2c1. The fraction of sp³-hybridized carbons (Fsp3) is 0.529. The first-order valence-corrected chi connectivity index (χ1v) is 8.28. The molecule has 0 bridgehead atoms. The number of urea groups is 1. The quantitative estimate of drug-likeness (QED) is 0.642. The number of rotatable bonds is 8. The van der Waals surface area contributed by atoms with Gasteiger partial charge in [-0.25, -0.2) is 4.79 Å². The van der Waals surface area contributed by atoms with E-state index in [1.54, 1.807) is 0 Å². The molecule has 3 N–H and O–H groups in total. The minimum Gasteiger partial charge on any atom is -0.494 e. The molecule has 0 spiro atoms. The van der Waals surface area contributed by atoms with Gasteiger partial charge in [0, 0.05) is 11.4 Å². The number of hydrogen-bond acceptors (Lipinski definition) is 3. The van der Waals surface area contributed by atoms with Crippen molar-refractivity contribution in [3.8, 4) is 5.75 Å². The molecule has 2 amide bonds. The first-order valence-electron chi connectivity index (χ1n) is 8.28. The maximum absolute atomic E-state index is 11.8. The molecule has 0 radical (unpaired) electrons. The number of fused-ring (bicyclic) bond motifs is 1. The predicted octanol–water partition coefficient (Wildman–Crippen LogP) is 4.05. The Morgan fingerprint density at radius 3 is 2.87 bits per heavy atom. The van der Waals surface area contributed by atoms with Crippen molar-refractivity contribution in [3.63, 3.8) is 0 Å². The van der Waals surface area contributed by atoms with Crippen LogP contribution >= 0.6 is 0 Å². The summed E-state index contributed by atoms with van der Waals surface area (Å²) in [6.45, 7) is 6.72. The fourth-order valence-corrected chi connectivity index (χ4v) is 2.30. The standard InChI is InChI=1S/C17H26N4O2/c1-4-5-6-7-10-23-13-8-9-15-14(11-13)16(21-20-15)19-17(22)18-12(2)3/h8-9,11-12H,4-7,10H2,1-3H3,(H3,18,19,20,21,22). The molecule has 1 aromatic carbocycles. The number of aromatic amines is 1. The Kier molecular flexibility index (Phi) is 6.26. The molecular weight excluding hydrogens is 292 g/mol. The fourth-order valence-electron chi connectivity index (χ4n) is 2.30. The molecule has 0 fully saturated rings. The Bertz CT molecular complexity index is 637. The van der Waals surface area contributed by atoms with E-state index in [1.165, 1.54) is 19.3 Å². The second-order valence-corrected chi connectivity index (χ2v) is 5.94. The molecule has 0 aliphatic rings. The van der Waals surface area contributed by atoms with Crippen molar-refractivity contribution in [2.45, 2.75) is 52.5 Å². The summed E-state index contributed by atoms with van der Waals surface area (Å²) >= 11 is 0. The van der Waals surface area contributed by atoms with Gasteiger partial charge in [0.15, 0.2) is 5.82 Å². The number of nitrogens with one attached hydrogen (secondary N) is 3. The largest absolute Gasteiger partial charge is 0.494 e. The number of carbonyl (C=O) groups excluding carboxylic acids is 1. The summed E-state index contributed by atoms with van der Waals surface area (Å²) in [5, 5.41) is 13.4. The van der Waals surface area contributed by atoms with Crippen LogP contribution in [0.2, 0.25) is 0 Å². The van der Waals surface area contributed by atoms with E-state index in [0.717, 1.165) is 23.1 Å². The van der Waals surface area contributed by atoms with Gasteiger partial charge in [-0.2, -0.15) is 5.10 Å². The van der Waals surface area contributed by atoms with Gasteiger partial charge in [0.25, 0.3) is 0 Å². The topological polar surface area (TPSA) is 79.0 Å². The first kappa shape index (κ1) is 17.1. The number of hydrogen-bond donors (Lipinski definition) is 3. The van der Waals surface area contributed by atoms with E-state index >= 15 is 0 Å². The highest BCUT2D eigenvalue weighted by atomic mass is 16.5. The molecule has 0 saturated carbocycles. The van der Waals surface area contributed by atoms with Crippen molar-refractivity contribution < 1.29 is 9.53 Å². The van der Waals surface area contributed by atoms with Gasteiger partial charge in [-0.1, -0.05) is 26.2 Å². The molecule has 2 aromatic rings. The molecule has 1 heterocycles. The average molecular weight is 318 g/mol. The number of nitrogens with zero attached hydrogens (tertiary/aromatic N) is 1. The number of carbonyl (C=O) groups is 1. The van der Waals surface area contributed by atoms with E-state index in [-0.39, 0.29) is 12.1 Å². The number of anilines is 1. The lowest BCUT2D eigenvalue weighted by molar-refractivity contribution is 0.250. The molecule has 2 rings (SSSR count). The minimum atomic E-state index is -0.265. The first-order chi connectivity index (χ1) is 11.1. The van der Waals surface area contributed by atoms with Crippen LogP contribution < -0.4 is 15.4 Å². The Balaban J connectivity index is 2.00. The lowest BCUT2D eigenvalue weighted by Gasteiger charge is -2.09. The van der Waals surface area contributed by atoms with Crippen LogP contribution in [-0.2, 0) is 0 Å². The van der Waals surface area contributed by atoms with Gasteiger partial charge in [0.2, 0.25) is 0 Å². The van der Waals surface area contributed by atoms with Gasteiger partial charge in [0.1, 0.15) is 5.75 Å². The monoisotopic (exact) mass is 318 g/mol. The van der Waals surface area contributed by atoms with Crippen LogP contribution in [0.1, 0.15) is 46.5 Å². The van der Waals surface area contributed by atoms with Gasteiger partial charge in [-0.15, -0.1) is 0 Å². The van der Waals surface area contributed by atoms with Crippen molar-refractivity contribution >= 4 is 22.8 Å². The Morgan fingerprint density at radius 2 is 2.13 bits per heavy atom. The molecule has 6 heteroatoms. The third kappa shape index (κ3) is 5.16. The summed E-state index contributed by atoms with van der Waals surface area (Å²) in [5.74, 6) is 1.30. The number of H-pyrrole nitrogens is 1. The molecular formula is C17H26N4O2. The Morgan fingerprint density at radius 1 is 1.30 bits per heavy atom. The maximum Gasteiger partial charge on any atom is 0.320 e. The van der Waals surface area contributed by atoms with E-state index in [1.807, 2.05) is 32.0 Å². The molecule has 126 valence electrons. The van der Waals surface area contributed by atoms with Crippen LogP contribution in [0.25, 0.3) is 10.9 Å². The molecule has 0 aliphatic carbocycles. The molecule has 1 aromatic heterocycles. The van der Waals surface area contributed by atoms with Gasteiger partial charge in [-0.3, -0.25) is 10.4 Å².